The van der Waals surface area contributed by atoms with Gasteiger partial charge in [0.1, 0.15) is 6.54 Å². The average molecular weight is 398 g/mol. The van der Waals surface area contributed by atoms with Crippen molar-refractivity contribution in [3.8, 4) is 5.69 Å². The lowest BCUT2D eigenvalue weighted by molar-refractivity contribution is -0.121. The van der Waals surface area contributed by atoms with Gasteiger partial charge < -0.3 is 5.32 Å². The number of amides is 3. The molecule has 0 fully saturated rings. The molecule has 3 amide bonds. The Kier molecular flexibility index (Phi) is 4.55. The third-order valence-corrected chi connectivity index (χ3v) is 4.31. The number of nitrogens with one attached hydrogen (secondary N) is 1. The summed E-state index contributed by atoms with van der Waals surface area (Å²) in [6.45, 7) is -0.632. The minimum Gasteiger partial charge on any atom is -0.347 e. The fraction of sp³-hybridized carbons (Fsp3) is 0.111. The molecule has 0 bridgehead atoms. The van der Waals surface area contributed by atoms with E-state index >= 15 is 0 Å². The summed E-state index contributed by atoms with van der Waals surface area (Å²) in [7, 11) is 0. The van der Waals surface area contributed by atoms with Crippen molar-refractivity contribution in [2.45, 2.75) is 6.54 Å². The van der Waals surface area contributed by atoms with Gasteiger partial charge in [0.25, 0.3) is 11.8 Å². The summed E-state index contributed by atoms with van der Waals surface area (Å²) in [6.07, 6.45) is 0. The molecule has 0 saturated heterocycles. The zero-order valence-corrected chi connectivity index (χ0v) is 14.7. The molecule has 0 saturated carbocycles. The molecule has 29 heavy (non-hydrogen) atoms. The van der Waals surface area contributed by atoms with E-state index in [0.29, 0.717) is 0 Å². The Bertz CT molecular complexity index is 1110. The summed E-state index contributed by atoms with van der Waals surface area (Å²) in [5.41, 5.74) is 0.652. The second kappa shape index (κ2) is 7.19. The maximum absolute atomic E-state index is 13.4. The van der Waals surface area contributed by atoms with Crippen LogP contribution < -0.4 is 5.32 Å². The monoisotopic (exact) mass is 398 g/mol. The van der Waals surface area contributed by atoms with Gasteiger partial charge in [0.15, 0.2) is 17.5 Å². The van der Waals surface area contributed by atoms with Crippen molar-refractivity contribution < 1.29 is 23.2 Å². The Hall–Kier alpha value is -4.02. The van der Waals surface area contributed by atoms with Gasteiger partial charge in [-0.2, -0.15) is 4.68 Å². The molecule has 0 unspecified atom stereocenters. The van der Waals surface area contributed by atoms with Crippen molar-refractivity contribution in [3.05, 3.63) is 71.1 Å². The van der Waals surface area contributed by atoms with Crippen LogP contribution in [0.2, 0.25) is 0 Å². The standard InChI is InChI=1S/C18H12F2N6O3/c19-13-6-5-10(7-14(13)20)26-15(22-23-24-26)8-21-16(27)9-25-17(28)11-3-1-2-4-12(11)18(25)29/h1-7H,8-9H2,(H,21,27). The maximum Gasteiger partial charge on any atom is 0.262 e. The number of tetrazole rings is 1. The summed E-state index contributed by atoms with van der Waals surface area (Å²) in [5, 5.41) is 13.4. The Balaban J connectivity index is 1.43. The largest absolute Gasteiger partial charge is 0.347 e. The lowest BCUT2D eigenvalue weighted by Crippen LogP contribution is -2.40. The van der Waals surface area contributed by atoms with E-state index in [9.17, 15) is 23.2 Å². The zero-order valence-electron chi connectivity index (χ0n) is 14.7. The van der Waals surface area contributed by atoms with E-state index in [1.807, 2.05) is 0 Å². The first-order chi connectivity index (χ1) is 14.0. The topological polar surface area (TPSA) is 110 Å². The molecule has 9 nitrogen and oxygen atoms in total. The van der Waals surface area contributed by atoms with Gasteiger partial charge in [-0.3, -0.25) is 19.3 Å². The van der Waals surface area contributed by atoms with Crippen molar-refractivity contribution >= 4 is 17.7 Å². The van der Waals surface area contributed by atoms with Crippen LogP contribution in [-0.2, 0) is 11.3 Å². The minimum absolute atomic E-state index is 0.145. The number of nitrogens with zero attached hydrogens (tertiary/aromatic N) is 5. The number of carbonyl (C=O) groups is 3. The molecule has 1 aliphatic heterocycles. The van der Waals surface area contributed by atoms with Crippen molar-refractivity contribution in [2.75, 3.05) is 6.54 Å². The number of hydrogen-bond donors (Lipinski definition) is 1. The Morgan fingerprint density at radius 1 is 1.00 bits per heavy atom. The van der Waals surface area contributed by atoms with E-state index in [0.717, 1.165) is 21.7 Å². The first kappa shape index (κ1) is 18.3. The zero-order chi connectivity index (χ0) is 20.5. The van der Waals surface area contributed by atoms with Crippen LogP contribution in [0.15, 0.2) is 42.5 Å². The SMILES string of the molecule is O=C(CN1C(=O)c2ccccc2C1=O)NCc1nnnn1-c1ccc(F)c(F)c1. The van der Waals surface area contributed by atoms with Gasteiger partial charge in [-0.15, -0.1) is 5.10 Å². The lowest BCUT2D eigenvalue weighted by Gasteiger charge is -2.13. The minimum atomic E-state index is -1.07. The summed E-state index contributed by atoms with van der Waals surface area (Å²) < 4.78 is 27.7. The molecule has 3 aromatic rings. The van der Waals surface area contributed by atoms with Crippen LogP contribution in [0.3, 0.4) is 0 Å². The molecule has 146 valence electrons. The van der Waals surface area contributed by atoms with Gasteiger partial charge in [0, 0.05) is 6.07 Å². The van der Waals surface area contributed by atoms with Crippen molar-refractivity contribution in [1.29, 1.82) is 0 Å². The summed E-state index contributed by atoms with van der Waals surface area (Å²) in [6, 6.07) is 9.41. The molecular formula is C18H12F2N6O3. The van der Waals surface area contributed by atoms with Gasteiger partial charge in [0.2, 0.25) is 5.91 Å². The number of imide groups is 1. The molecule has 0 spiro atoms. The fourth-order valence-corrected chi connectivity index (χ4v) is 2.89. The summed E-state index contributed by atoms with van der Waals surface area (Å²) in [5.74, 6) is -3.65. The highest BCUT2D eigenvalue weighted by atomic mass is 19.2. The van der Waals surface area contributed by atoms with E-state index in [1.54, 1.807) is 12.1 Å². The number of fused-ring (bicyclic) bond motifs is 1. The van der Waals surface area contributed by atoms with Crippen LogP contribution in [0.5, 0.6) is 0 Å². The van der Waals surface area contributed by atoms with Crippen LogP contribution in [-0.4, -0.2) is 49.4 Å². The third kappa shape index (κ3) is 3.33. The Labute approximate surface area is 161 Å². The number of hydrogen-bond acceptors (Lipinski definition) is 6. The second-order valence-corrected chi connectivity index (χ2v) is 6.12. The van der Waals surface area contributed by atoms with Crippen LogP contribution in [0.1, 0.15) is 26.5 Å². The molecule has 2 heterocycles. The van der Waals surface area contributed by atoms with E-state index < -0.39 is 35.9 Å². The quantitative estimate of drug-likeness (QED) is 0.638. The molecule has 0 atom stereocenters. The lowest BCUT2D eigenvalue weighted by atomic mass is 10.1. The molecule has 0 aliphatic carbocycles. The number of carbonyl (C=O) groups excluding carboxylic acids is 3. The van der Waals surface area contributed by atoms with Crippen molar-refractivity contribution in [2.24, 2.45) is 0 Å². The van der Waals surface area contributed by atoms with Gasteiger partial charge in [-0.05, 0) is 34.7 Å². The highest BCUT2D eigenvalue weighted by molar-refractivity contribution is 6.22. The predicted octanol–water partition coefficient (Wildman–Crippen LogP) is 0.853. The Morgan fingerprint density at radius 3 is 2.34 bits per heavy atom. The average Bonchev–Trinajstić information content (AvgIpc) is 3.28. The van der Waals surface area contributed by atoms with Crippen molar-refractivity contribution in [3.63, 3.8) is 0 Å². The summed E-state index contributed by atoms with van der Waals surface area (Å²) in [4.78, 5) is 37.7. The highest BCUT2D eigenvalue weighted by Gasteiger charge is 2.36. The van der Waals surface area contributed by atoms with E-state index in [1.165, 1.54) is 18.2 Å². The number of rotatable bonds is 5. The van der Waals surface area contributed by atoms with Crippen LogP contribution >= 0.6 is 0 Å². The predicted molar refractivity (Wildman–Crippen MR) is 92.7 cm³/mol. The van der Waals surface area contributed by atoms with E-state index in [2.05, 4.69) is 20.8 Å². The number of aromatic nitrogens is 4. The second-order valence-electron chi connectivity index (χ2n) is 6.12. The third-order valence-electron chi connectivity index (χ3n) is 4.31. The summed E-state index contributed by atoms with van der Waals surface area (Å²) >= 11 is 0. The molecular weight excluding hydrogens is 386 g/mol. The van der Waals surface area contributed by atoms with Gasteiger partial charge in [-0.1, -0.05) is 12.1 Å². The van der Waals surface area contributed by atoms with E-state index in [4.69, 9.17) is 0 Å². The normalized spacial score (nSPS) is 13.0. The first-order valence-corrected chi connectivity index (χ1v) is 8.40. The highest BCUT2D eigenvalue weighted by Crippen LogP contribution is 2.22. The molecule has 1 aliphatic rings. The van der Waals surface area contributed by atoms with Crippen LogP contribution in [0.4, 0.5) is 8.78 Å². The molecule has 1 aromatic heterocycles. The van der Waals surface area contributed by atoms with Crippen molar-refractivity contribution in [1.82, 2.24) is 30.4 Å². The number of halogens is 2. The molecule has 11 heteroatoms. The number of benzene rings is 2. The fourth-order valence-electron chi connectivity index (χ4n) is 2.89. The Morgan fingerprint density at radius 2 is 1.69 bits per heavy atom. The van der Waals surface area contributed by atoms with Crippen LogP contribution in [0.25, 0.3) is 5.69 Å². The van der Waals surface area contributed by atoms with Crippen LogP contribution in [0, 0.1) is 11.6 Å². The van der Waals surface area contributed by atoms with E-state index in [-0.39, 0.29) is 29.2 Å². The van der Waals surface area contributed by atoms with Gasteiger partial charge in [-0.25, -0.2) is 8.78 Å². The first-order valence-electron chi connectivity index (χ1n) is 8.40. The molecule has 4 rings (SSSR count). The smallest absolute Gasteiger partial charge is 0.262 e. The molecule has 0 radical (unpaired) electrons. The molecule has 2 aromatic carbocycles. The van der Waals surface area contributed by atoms with Gasteiger partial charge >= 0.3 is 0 Å². The maximum atomic E-state index is 13.4. The van der Waals surface area contributed by atoms with Gasteiger partial charge in [0.05, 0.1) is 23.4 Å². The molecule has 1 N–H and O–H groups in total.